The lowest BCUT2D eigenvalue weighted by molar-refractivity contribution is 0.256. The fourth-order valence-corrected chi connectivity index (χ4v) is 3.20. The van der Waals surface area contributed by atoms with Gasteiger partial charge in [-0.2, -0.15) is 5.10 Å². The second-order valence-electron chi connectivity index (χ2n) is 5.76. The first-order chi connectivity index (χ1) is 10.2. The number of hydrogen-bond acceptors (Lipinski definition) is 3. The Balaban J connectivity index is 1.84. The molecule has 0 saturated carbocycles. The second-order valence-corrected chi connectivity index (χ2v) is 5.76. The number of aryl methyl sites for hydroxylation is 1. The summed E-state index contributed by atoms with van der Waals surface area (Å²) in [5.74, 6) is 1.58. The maximum absolute atomic E-state index is 5.77. The molecule has 0 aliphatic carbocycles. The van der Waals surface area contributed by atoms with Gasteiger partial charge in [-0.25, -0.2) is 0 Å². The molecular formula is C17H23N3O. The average Bonchev–Trinajstić information content (AvgIpc) is 2.85. The first-order valence-electron chi connectivity index (χ1n) is 7.58. The summed E-state index contributed by atoms with van der Waals surface area (Å²) in [6.07, 6.45) is 4.14. The average molecular weight is 285 g/mol. The molecule has 0 bridgehead atoms. The minimum atomic E-state index is 0.329. The van der Waals surface area contributed by atoms with Crippen molar-refractivity contribution in [3.63, 3.8) is 0 Å². The fraction of sp³-hybridized carbons (Fsp3) is 0.471. The zero-order chi connectivity index (χ0) is 14.8. The Morgan fingerprint density at radius 3 is 2.95 bits per heavy atom. The molecule has 0 amide bonds. The molecule has 2 unspecified atom stereocenters. The Labute approximate surface area is 126 Å². The zero-order valence-corrected chi connectivity index (χ0v) is 13.0. The minimum Gasteiger partial charge on any atom is -0.493 e. The van der Waals surface area contributed by atoms with Crippen molar-refractivity contribution in [1.29, 1.82) is 0 Å². The number of ether oxygens (including phenoxy) is 1. The van der Waals surface area contributed by atoms with Crippen molar-refractivity contribution < 1.29 is 4.74 Å². The lowest BCUT2D eigenvalue weighted by Gasteiger charge is -2.29. The van der Waals surface area contributed by atoms with Crippen LogP contribution in [0.4, 0.5) is 0 Å². The van der Waals surface area contributed by atoms with Gasteiger partial charge in [0.2, 0.25) is 0 Å². The first kappa shape index (κ1) is 14.1. The molecular weight excluding hydrogens is 262 g/mol. The number of fused-ring (bicyclic) bond motifs is 1. The molecule has 0 fully saturated rings. The lowest BCUT2D eigenvalue weighted by Crippen LogP contribution is -2.23. The van der Waals surface area contributed by atoms with Crippen molar-refractivity contribution >= 4 is 0 Å². The van der Waals surface area contributed by atoms with Crippen LogP contribution >= 0.6 is 0 Å². The van der Waals surface area contributed by atoms with Gasteiger partial charge >= 0.3 is 0 Å². The predicted molar refractivity (Wildman–Crippen MR) is 83.7 cm³/mol. The van der Waals surface area contributed by atoms with Gasteiger partial charge in [0.25, 0.3) is 0 Å². The van der Waals surface area contributed by atoms with Gasteiger partial charge in [0.1, 0.15) is 5.75 Å². The third-order valence-electron chi connectivity index (χ3n) is 4.60. The van der Waals surface area contributed by atoms with Gasteiger partial charge in [-0.05, 0) is 44.4 Å². The molecule has 0 radical (unpaired) electrons. The van der Waals surface area contributed by atoms with Crippen molar-refractivity contribution in [2.24, 2.45) is 7.05 Å². The predicted octanol–water partition coefficient (Wildman–Crippen LogP) is 2.95. The summed E-state index contributed by atoms with van der Waals surface area (Å²) in [7, 11) is 4.03. The van der Waals surface area contributed by atoms with Crippen LogP contribution in [0.2, 0.25) is 0 Å². The Morgan fingerprint density at radius 1 is 1.43 bits per heavy atom. The molecule has 1 aliphatic rings. The van der Waals surface area contributed by atoms with Crippen molar-refractivity contribution in [1.82, 2.24) is 15.1 Å². The summed E-state index contributed by atoms with van der Waals surface area (Å²) in [6, 6.07) is 8.74. The summed E-state index contributed by atoms with van der Waals surface area (Å²) < 4.78 is 7.71. The highest BCUT2D eigenvalue weighted by atomic mass is 16.5. The lowest BCUT2D eigenvalue weighted by atomic mass is 9.85. The largest absolute Gasteiger partial charge is 0.493 e. The van der Waals surface area contributed by atoms with E-state index >= 15 is 0 Å². The molecule has 2 aromatic rings. The van der Waals surface area contributed by atoms with Crippen LogP contribution in [-0.4, -0.2) is 23.4 Å². The molecule has 1 aliphatic heterocycles. The van der Waals surface area contributed by atoms with E-state index in [0.717, 1.165) is 25.2 Å². The quantitative estimate of drug-likeness (QED) is 0.938. The van der Waals surface area contributed by atoms with Gasteiger partial charge in [0.05, 0.1) is 12.8 Å². The number of rotatable bonds is 4. The van der Waals surface area contributed by atoms with Gasteiger partial charge < -0.3 is 10.1 Å². The molecule has 21 heavy (non-hydrogen) atoms. The maximum Gasteiger partial charge on any atom is 0.122 e. The zero-order valence-electron chi connectivity index (χ0n) is 13.0. The third kappa shape index (κ3) is 2.68. The molecule has 3 rings (SSSR count). The highest BCUT2D eigenvalue weighted by Crippen LogP contribution is 2.39. The van der Waals surface area contributed by atoms with E-state index in [1.54, 1.807) is 0 Å². The summed E-state index contributed by atoms with van der Waals surface area (Å²) in [6.45, 7) is 2.94. The van der Waals surface area contributed by atoms with Crippen molar-refractivity contribution in [3.05, 3.63) is 47.3 Å². The van der Waals surface area contributed by atoms with Crippen LogP contribution in [0.5, 0.6) is 5.75 Å². The monoisotopic (exact) mass is 285 g/mol. The van der Waals surface area contributed by atoms with Gasteiger partial charge in [-0.15, -0.1) is 0 Å². The molecule has 4 heteroatoms. The van der Waals surface area contributed by atoms with E-state index in [4.69, 9.17) is 4.74 Å². The summed E-state index contributed by atoms with van der Waals surface area (Å²) in [4.78, 5) is 0. The molecule has 112 valence electrons. The van der Waals surface area contributed by atoms with E-state index in [2.05, 4.69) is 35.5 Å². The van der Waals surface area contributed by atoms with E-state index in [1.165, 1.54) is 16.8 Å². The normalized spacial score (nSPS) is 18.9. The standard InChI is InChI=1S/C17H23N3O/c1-12-15(11-19-20(12)3)16(18-2)10-13-8-9-21-17-7-5-4-6-14(13)17/h4-7,11,13,16,18H,8-10H2,1-3H3. The molecule has 1 N–H and O–H groups in total. The van der Waals surface area contributed by atoms with Crippen LogP contribution in [0.1, 0.15) is 41.6 Å². The topological polar surface area (TPSA) is 39.1 Å². The Morgan fingerprint density at radius 2 is 2.24 bits per heavy atom. The van der Waals surface area contributed by atoms with Gasteiger partial charge in [0.15, 0.2) is 0 Å². The highest BCUT2D eigenvalue weighted by molar-refractivity contribution is 5.38. The van der Waals surface area contributed by atoms with Crippen LogP contribution in [0.3, 0.4) is 0 Å². The van der Waals surface area contributed by atoms with Crippen molar-refractivity contribution in [3.8, 4) is 5.75 Å². The highest BCUT2D eigenvalue weighted by Gasteiger charge is 2.25. The number of para-hydroxylation sites is 1. The number of aromatic nitrogens is 2. The van der Waals surface area contributed by atoms with Gasteiger partial charge in [-0.3, -0.25) is 4.68 Å². The van der Waals surface area contributed by atoms with Gasteiger partial charge in [-0.1, -0.05) is 18.2 Å². The van der Waals surface area contributed by atoms with Crippen LogP contribution in [0.15, 0.2) is 30.5 Å². The SMILES string of the molecule is CNC(CC1CCOc2ccccc21)c1cnn(C)c1C. The molecule has 1 aromatic carbocycles. The van der Waals surface area contributed by atoms with Gasteiger partial charge in [0, 0.05) is 24.3 Å². The van der Waals surface area contributed by atoms with E-state index in [0.29, 0.717) is 12.0 Å². The second kappa shape index (κ2) is 5.90. The first-order valence-corrected chi connectivity index (χ1v) is 7.58. The smallest absolute Gasteiger partial charge is 0.122 e. The number of hydrogen-bond donors (Lipinski definition) is 1. The molecule has 0 spiro atoms. The molecule has 2 heterocycles. The maximum atomic E-state index is 5.77. The van der Waals surface area contributed by atoms with Crippen LogP contribution < -0.4 is 10.1 Å². The number of nitrogens with zero attached hydrogens (tertiary/aromatic N) is 2. The van der Waals surface area contributed by atoms with E-state index in [-0.39, 0.29) is 0 Å². The Kier molecular flexibility index (Phi) is 3.97. The minimum absolute atomic E-state index is 0.329. The van der Waals surface area contributed by atoms with E-state index in [9.17, 15) is 0 Å². The molecule has 1 aromatic heterocycles. The van der Waals surface area contributed by atoms with Crippen LogP contribution in [-0.2, 0) is 7.05 Å². The molecule has 2 atom stereocenters. The third-order valence-corrected chi connectivity index (χ3v) is 4.60. The molecule has 0 saturated heterocycles. The van der Waals surface area contributed by atoms with Crippen molar-refractivity contribution in [2.45, 2.75) is 31.7 Å². The number of benzene rings is 1. The van der Waals surface area contributed by atoms with Crippen molar-refractivity contribution in [2.75, 3.05) is 13.7 Å². The molecule has 4 nitrogen and oxygen atoms in total. The summed E-state index contributed by atoms with van der Waals surface area (Å²) >= 11 is 0. The number of nitrogens with one attached hydrogen (secondary N) is 1. The fourth-order valence-electron chi connectivity index (χ4n) is 3.20. The summed E-state index contributed by atoms with van der Waals surface area (Å²) in [5.41, 5.74) is 3.87. The Bertz CT molecular complexity index is 620. The van der Waals surface area contributed by atoms with E-state index < -0.39 is 0 Å². The van der Waals surface area contributed by atoms with E-state index in [1.807, 2.05) is 31.0 Å². The summed E-state index contributed by atoms with van der Waals surface area (Å²) in [5, 5.41) is 7.83. The van der Waals surface area contributed by atoms with Crippen LogP contribution in [0, 0.1) is 6.92 Å². The van der Waals surface area contributed by atoms with Crippen LogP contribution in [0.25, 0.3) is 0 Å². The Hall–Kier alpha value is -1.81.